The quantitative estimate of drug-likeness (QED) is 0.247. The minimum absolute atomic E-state index is 0.0297. The number of hydrogen-bond acceptors (Lipinski definition) is 7. The molecule has 0 bridgehead atoms. The molecule has 0 fully saturated rings. The van der Waals surface area contributed by atoms with Crippen LogP contribution >= 0.6 is 19.4 Å². The number of phosphoric acid groups is 1. The van der Waals surface area contributed by atoms with Gasteiger partial charge in [-0.3, -0.25) is 13.6 Å². The monoisotopic (exact) mass is 595 g/mol. The van der Waals surface area contributed by atoms with Crippen molar-refractivity contribution < 1.29 is 45.6 Å². The van der Waals surface area contributed by atoms with E-state index in [1.54, 1.807) is 39.8 Å². The second kappa shape index (κ2) is 13.4. The molecule has 2 rings (SSSR count). The van der Waals surface area contributed by atoms with E-state index in [0.29, 0.717) is 24.3 Å². The van der Waals surface area contributed by atoms with E-state index in [2.05, 4.69) is 5.32 Å². The smallest absolute Gasteiger partial charge is 0.457 e. The Kier molecular flexibility index (Phi) is 11.3. The number of aryl methyl sites for hydroxylation is 1. The highest BCUT2D eigenvalue weighted by atomic mass is 35.5. The van der Waals surface area contributed by atoms with Gasteiger partial charge in [0.15, 0.2) is 0 Å². The first kappa shape index (κ1) is 32.9. The lowest BCUT2D eigenvalue weighted by Crippen LogP contribution is -2.51. The summed E-state index contributed by atoms with van der Waals surface area (Å²) in [4.78, 5) is 12.5. The number of rotatable bonds is 12. The molecule has 0 aliphatic carbocycles. The third-order valence-electron chi connectivity index (χ3n) is 5.39. The summed E-state index contributed by atoms with van der Waals surface area (Å²) < 4.78 is 77.2. The number of halogens is 4. The molecule has 0 saturated heterocycles. The summed E-state index contributed by atoms with van der Waals surface area (Å²) >= 11 is 6.42. The normalized spacial score (nSPS) is 14.0. The molecular formula is C26H34ClF3NO7P. The van der Waals surface area contributed by atoms with Gasteiger partial charge in [-0.2, -0.15) is 13.2 Å². The van der Waals surface area contributed by atoms with Crippen LogP contribution in [0, 0.1) is 0 Å². The summed E-state index contributed by atoms with van der Waals surface area (Å²) in [6.45, 7) is 6.70. The van der Waals surface area contributed by atoms with E-state index >= 15 is 0 Å². The van der Waals surface area contributed by atoms with Crippen LogP contribution in [0.25, 0.3) is 0 Å². The standard InChI is InChI=1S/C26H34ClF3NO7P/c1-24(2,3)38-23(32)31-25(4,17-36-39(33,34-5)35-6)14-8-9-18-12-13-21(16-22(18)27)37-20-11-7-10-19(15-20)26(28,29)30/h7,10-13,15-16H,8-9,14,17H2,1-6H3,(H,31,32). The molecule has 8 nitrogen and oxygen atoms in total. The van der Waals surface area contributed by atoms with E-state index in [1.807, 2.05) is 0 Å². The number of phosphoric ester groups is 1. The molecular weight excluding hydrogens is 562 g/mol. The third kappa shape index (κ3) is 11.0. The largest absolute Gasteiger partial charge is 0.474 e. The highest BCUT2D eigenvalue weighted by Gasteiger charge is 2.34. The van der Waals surface area contributed by atoms with Crippen LogP contribution in [-0.2, 0) is 35.5 Å². The highest BCUT2D eigenvalue weighted by molar-refractivity contribution is 7.48. The van der Waals surface area contributed by atoms with E-state index in [9.17, 15) is 22.5 Å². The number of carbonyl (C=O) groups excluding carboxylic acids is 1. The number of amides is 1. The van der Waals surface area contributed by atoms with Crippen LogP contribution in [0.2, 0.25) is 5.02 Å². The van der Waals surface area contributed by atoms with Gasteiger partial charge in [-0.1, -0.05) is 23.7 Å². The van der Waals surface area contributed by atoms with Crippen molar-refractivity contribution in [2.75, 3.05) is 20.8 Å². The maximum Gasteiger partial charge on any atom is 0.474 e. The number of nitrogens with one attached hydrogen (secondary N) is 1. The van der Waals surface area contributed by atoms with Crippen LogP contribution in [0.5, 0.6) is 11.5 Å². The van der Waals surface area contributed by atoms with Crippen LogP contribution in [0.3, 0.4) is 0 Å². The topological polar surface area (TPSA) is 92.3 Å². The third-order valence-corrected chi connectivity index (χ3v) is 7.08. The molecule has 2 aromatic carbocycles. The zero-order valence-corrected chi connectivity index (χ0v) is 24.3. The number of benzene rings is 2. The summed E-state index contributed by atoms with van der Waals surface area (Å²) in [5.74, 6) is 0.310. The SMILES string of the molecule is COP(=O)(OC)OCC(C)(CCCc1ccc(Oc2cccc(C(F)(F)F)c2)cc1Cl)NC(=O)OC(C)(C)C. The number of carbonyl (C=O) groups is 1. The number of hydrogen-bond donors (Lipinski definition) is 1. The minimum Gasteiger partial charge on any atom is -0.457 e. The summed E-state index contributed by atoms with van der Waals surface area (Å²) in [6.07, 6.45) is -3.78. The Balaban J connectivity index is 2.08. The average Bonchev–Trinajstić information content (AvgIpc) is 2.82. The molecule has 0 aliphatic heterocycles. The van der Waals surface area contributed by atoms with Crippen LogP contribution in [-0.4, -0.2) is 38.1 Å². The molecule has 0 aromatic heterocycles. The molecule has 0 radical (unpaired) electrons. The Morgan fingerprint density at radius 1 is 1.00 bits per heavy atom. The van der Waals surface area contributed by atoms with Crippen LogP contribution in [0.4, 0.5) is 18.0 Å². The average molecular weight is 596 g/mol. The second-order valence-corrected chi connectivity index (χ2v) is 12.3. The zero-order valence-electron chi connectivity index (χ0n) is 22.7. The lowest BCUT2D eigenvalue weighted by Gasteiger charge is -2.32. The minimum atomic E-state index is -4.48. The molecule has 13 heteroatoms. The molecule has 1 amide bonds. The maximum atomic E-state index is 13.0. The Morgan fingerprint density at radius 2 is 1.64 bits per heavy atom. The van der Waals surface area contributed by atoms with Crippen LogP contribution in [0.1, 0.15) is 51.7 Å². The van der Waals surface area contributed by atoms with E-state index < -0.39 is 36.8 Å². The van der Waals surface area contributed by atoms with Crippen molar-refractivity contribution in [1.29, 1.82) is 0 Å². The Morgan fingerprint density at radius 3 is 2.21 bits per heavy atom. The van der Waals surface area contributed by atoms with Crippen molar-refractivity contribution in [2.45, 2.75) is 64.3 Å². The molecule has 0 saturated carbocycles. The Bertz CT molecular complexity index is 1160. The summed E-state index contributed by atoms with van der Waals surface area (Å²) in [5.41, 5.74) is -1.80. The van der Waals surface area contributed by atoms with Gasteiger partial charge in [-0.15, -0.1) is 0 Å². The van der Waals surface area contributed by atoms with Crippen molar-refractivity contribution in [3.05, 3.63) is 58.6 Å². The molecule has 2 aromatic rings. The van der Waals surface area contributed by atoms with E-state index in [4.69, 9.17) is 34.6 Å². The highest BCUT2D eigenvalue weighted by Crippen LogP contribution is 2.48. The van der Waals surface area contributed by atoms with E-state index in [1.165, 1.54) is 32.4 Å². The number of ether oxygens (including phenoxy) is 2. The Labute approximate surface area is 231 Å². The van der Waals surface area contributed by atoms with Gasteiger partial charge in [0.05, 0.1) is 17.7 Å². The lowest BCUT2D eigenvalue weighted by atomic mass is 9.94. The van der Waals surface area contributed by atoms with Gasteiger partial charge in [0, 0.05) is 19.2 Å². The van der Waals surface area contributed by atoms with Crippen molar-refractivity contribution in [3.63, 3.8) is 0 Å². The van der Waals surface area contributed by atoms with E-state index in [-0.39, 0.29) is 18.1 Å². The van der Waals surface area contributed by atoms with Crippen molar-refractivity contribution in [2.24, 2.45) is 0 Å². The zero-order chi connectivity index (χ0) is 29.5. The van der Waals surface area contributed by atoms with Crippen molar-refractivity contribution >= 4 is 25.5 Å². The summed E-state index contributed by atoms with van der Waals surface area (Å²) in [6, 6.07) is 9.39. The van der Waals surface area contributed by atoms with E-state index in [0.717, 1.165) is 17.7 Å². The molecule has 0 heterocycles. The fourth-order valence-corrected chi connectivity index (χ4v) is 4.53. The van der Waals surface area contributed by atoms with Gasteiger partial charge in [-0.05, 0) is 82.9 Å². The van der Waals surface area contributed by atoms with Gasteiger partial charge < -0.3 is 14.8 Å². The van der Waals surface area contributed by atoms with Crippen LogP contribution < -0.4 is 10.1 Å². The Hall–Kier alpha value is -2.30. The van der Waals surface area contributed by atoms with Gasteiger partial charge >= 0.3 is 20.1 Å². The summed E-state index contributed by atoms with van der Waals surface area (Å²) in [7, 11) is -1.43. The van der Waals surface area contributed by atoms with Crippen LogP contribution in [0.15, 0.2) is 42.5 Å². The fourth-order valence-electron chi connectivity index (χ4n) is 3.46. The summed E-state index contributed by atoms with van der Waals surface area (Å²) in [5, 5.41) is 3.13. The first-order valence-electron chi connectivity index (χ1n) is 12.0. The number of alkyl carbamates (subject to hydrolysis) is 1. The van der Waals surface area contributed by atoms with Crippen molar-refractivity contribution in [1.82, 2.24) is 5.32 Å². The fraction of sp³-hybridized carbons (Fsp3) is 0.500. The van der Waals surface area contributed by atoms with Gasteiger partial charge in [0.1, 0.15) is 17.1 Å². The van der Waals surface area contributed by atoms with Crippen molar-refractivity contribution in [3.8, 4) is 11.5 Å². The first-order valence-corrected chi connectivity index (χ1v) is 13.8. The molecule has 0 aliphatic rings. The number of alkyl halides is 3. The molecule has 1 unspecified atom stereocenters. The predicted molar refractivity (Wildman–Crippen MR) is 141 cm³/mol. The van der Waals surface area contributed by atoms with Gasteiger partial charge in [0.25, 0.3) is 0 Å². The maximum absolute atomic E-state index is 13.0. The molecule has 0 spiro atoms. The van der Waals surface area contributed by atoms with Gasteiger partial charge in [-0.25, -0.2) is 9.36 Å². The molecule has 1 atom stereocenters. The lowest BCUT2D eigenvalue weighted by molar-refractivity contribution is -0.137. The molecule has 1 N–H and O–H groups in total. The molecule has 39 heavy (non-hydrogen) atoms. The first-order chi connectivity index (χ1) is 18.0. The molecule has 218 valence electrons. The van der Waals surface area contributed by atoms with Gasteiger partial charge in [0.2, 0.25) is 0 Å². The predicted octanol–water partition coefficient (Wildman–Crippen LogP) is 8.17. The second-order valence-electron chi connectivity index (χ2n) is 10.0.